The number of carbonyl (C=O) groups is 4. The molecule has 0 spiro atoms. The van der Waals surface area contributed by atoms with Gasteiger partial charge in [-0.1, -0.05) is 36.7 Å². The molecule has 3 aromatic carbocycles. The van der Waals surface area contributed by atoms with Crippen LogP contribution in [0.2, 0.25) is 5.02 Å². The van der Waals surface area contributed by atoms with E-state index in [9.17, 15) is 19.2 Å². The number of urea groups is 1. The topological polar surface area (TPSA) is 132 Å². The highest BCUT2D eigenvalue weighted by Gasteiger charge is 2.37. The number of nitrogens with zero attached hydrogens (tertiary/aromatic N) is 1. The van der Waals surface area contributed by atoms with Gasteiger partial charge in [-0.05, 0) is 54.5 Å². The van der Waals surface area contributed by atoms with Crippen molar-refractivity contribution in [3.05, 3.63) is 76.8 Å². The summed E-state index contributed by atoms with van der Waals surface area (Å²) in [7, 11) is 2.81. The average molecular weight is 594 g/mol. The first-order chi connectivity index (χ1) is 20.2. The summed E-state index contributed by atoms with van der Waals surface area (Å²) in [6.45, 7) is 2.06. The van der Waals surface area contributed by atoms with Crippen molar-refractivity contribution in [2.75, 3.05) is 37.7 Å². The number of imide groups is 2. The molecular formula is C30H28ClN3O8. The van der Waals surface area contributed by atoms with Crippen LogP contribution in [0.1, 0.15) is 18.9 Å². The molecule has 12 heteroatoms. The van der Waals surface area contributed by atoms with Crippen LogP contribution >= 0.6 is 11.6 Å². The van der Waals surface area contributed by atoms with Gasteiger partial charge in [0.1, 0.15) is 5.57 Å². The predicted octanol–water partition coefficient (Wildman–Crippen LogP) is 4.83. The molecular weight excluding hydrogens is 566 g/mol. The largest absolute Gasteiger partial charge is 0.493 e. The Morgan fingerprint density at radius 1 is 0.952 bits per heavy atom. The summed E-state index contributed by atoms with van der Waals surface area (Å²) in [5.41, 5.74) is 0.763. The molecule has 1 aliphatic rings. The number of nitrogens with one attached hydrogen (secondary N) is 2. The van der Waals surface area contributed by atoms with E-state index in [4.69, 9.17) is 30.5 Å². The molecule has 0 aliphatic carbocycles. The van der Waals surface area contributed by atoms with Gasteiger partial charge in [-0.2, -0.15) is 0 Å². The zero-order chi connectivity index (χ0) is 30.2. The number of barbiturate groups is 1. The summed E-state index contributed by atoms with van der Waals surface area (Å²) in [6.07, 6.45) is 2.05. The second-order valence-electron chi connectivity index (χ2n) is 8.88. The maximum Gasteiger partial charge on any atom is 0.335 e. The molecule has 0 atom stereocenters. The van der Waals surface area contributed by atoms with Crippen LogP contribution in [0, 0.1) is 0 Å². The van der Waals surface area contributed by atoms with E-state index in [1.807, 2.05) is 13.0 Å². The van der Waals surface area contributed by atoms with E-state index >= 15 is 0 Å². The number of hydrogen-bond donors (Lipinski definition) is 2. The van der Waals surface area contributed by atoms with Crippen LogP contribution in [0.25, 0.3) is 6.08 Å². The number of ether oxygens (including phenoxy) is 4. The minimum Gasteiger partial charge on any atom is -0.493 e. The van der Waals surface area contributed by atoms with Crippen molar-refractivity contribution < 1.29 is 38.1 Å². The fraction of sp³-hybridized carbons (Fsp3) is 0.200. The second kappa shape index (κ2) is 13.6. The van der Waals surface area contributed by atoms with Gasteiger partial charge in [0.2, 0.25) is 0 Å². The smallest absolute Gasteiger partial charge is 0.335 e. The Balaban J connectivity index is 1.57. The van der Waals surface area contributed by atoms with Crippen molar-refractivity contribution in [2.24, 2.45) is 0 Å². The van der Waals surface area contributed by atoms with Crippen LogP contribution in [0.4, 0.5) is 16.2 Å². The van der Waals surface area contributed by atoms with Crippen molar-refractivity contribution in [3.8, 4) is 23.0 Å². The molecule has 4 rings (SSSR count). The zero-order valence-electron chi connectivity index (χ0n) is 23.1. The minimum atomic E-state index is -0.917. The van der Waals surface area contributed by atoms with Gasteiger partial charge in [0.05, 0.1) is 31.5 Å². The van der Waals surface area contributed by atoms with Crippen LogP contribution in [0.5, 0.6) is 23.0 Å². The monoisotopic (exact) mass is 593 g/mol. The van der Waals surface area contributed by atoms with Gasteiger partial charge in [0, 0.05) is 11.8 Å². The fourth-order valence-electron chi connectivity index (χ4n) is 4.00. The van der Waals surface area contributed by atoms with Crippen LogP contribution in [-0.4, -0.2) is 51.2 Å². The maximum atomic E-state index is 13.4. The van der Waals surface area contributed by atoms with Crippen molar-refractivity contribution in [3.63, 3.8) is 0 Å². The number of anilines is 2. The quantitative estimate of drug-likeness (QED) is 0.239. The number of methoxy groups -OCH3 is 2. The highest BCUT2D eigenvalue weighted by molar-refractivity contribution is 6.39. The predicted molar refractivity (Wildman–Crippen MR) is 156 cm³/mol. The summed E-state index contributed by atoms with van der Waals surface area (Å²) in [4.78, 5) is 51.9. The van der Waals surface area contributed by atoms with Crippen LogP contribution in [0.3, 0.4) is 0 Å². The SMILES string of the molecule is CCCOc1ccc(N2C(=O)NC(=O)/C(=C/c3cc(Cl)c(OCC(=O)Nc4ccccc4)c(OC)c3)C2=O)cc1OC. The Morgan fingerprint density at radius 3 is 2.38 bits per heavy atom. The summed E-state index contributed by atoms with van der Waals surface area (Å²) >= 11 is 6.44. The number of halogens is 1. The Kier molecular flexibility index (Phi) is 9.66. The second-order valence-corrected chi connectivity index (χ2v) is 9.29. The molecule has 0 unspecified atom stereocenters. The van der Waals surface area contributed by atoms with E-state index in [0.717, 1.165) is 11.3 Å². The Morgan fingerprint density at radius 2 is 1.69 bits per heavy atom. The van der Waals surface area contributed by atoms with E-state index in [1.165, 1.54) is 44.6 Å². The summed E-state index contributed by atoms with van der Waals surface area (Å²) in [6, 6.07) is 15.4. The number of amides is 5. The lowest BCUT2D eigenvalue weighted by molar-refractivity contribution is -0.122. The lowest BCUT2D eigenvalue weighted by atomic mass is 10.1. The number of benzene rings is 3. The van der Waals surface area contributed by atoms with Gasteiger partial charge in [-0.15, -0.1) is 0 Å². The molecule has 5 amide bonds. The van der Waals surface area contributed by atoms with Gasteiger partial charge in [0.25, 0.3) is 17.7 Å². The zero-order valence-corrected chi connectivity index (χ0v) is 23.8. The van der Waals surface area contributed by atoms with Crippen molar-refractivity contribution in [2.45, 2.75) is 13.3 Å². The third kappa shape index (κ3) is 6.81. The van der Waals surface area contributed by atoms with Crippen LogP contribution in [-0.2, 0) is 14.4 Å². The number of hydrogen-bond acceptors (Lipinski definition) is 8. The molecule has 2 N–H and O–H groups in total. The van der Waals surface area contributed by atoms with Gasteiger partial charge < -0.3 is 24.3 Å². The highest BCUT2D eigenvalue weighted by atomic mass is 35.5. The van der Waals surface area contributed by atoms with Crippen molar-refractivity contribution >= 4 is 52.8 Å². The van der Waals surface area contributed by atoms with Crippen LogP contribution in [0.15, 0.2) is 66.2 Å². The third-order valence-electron chi connectivity index (χ3n) is 5.94. The average Bonchev–Trinajstić information content (AvgIpc) is 2.98. The maximum absolute atomic E-state index is 13.4. The van der Waals surface area contributed by atoms with Gasteiger partial charge in [0.15, 0.2) is 29.6 Å². The van der Waals surface area contributed by atoms with E-state index in [2.05, 4.69) is 10.6 Å². The Bertz CT molecular complexity index is 1540. The molecule has 11 nitrogen and oxygen atoms in total. The Labute approximate surface area is 246 Å². The molecule has 0 aromatic heterocycles. The normalized spacial score (nSPS) is 14.0. The highest BCUT2D eigenvalue weighted by Crippen LogP contribution is 2.38. The molecule has 1 heterocycles. The molecule has 1 fully saturated rings. The standard InChI is InChI=1S/C30H28ClN3O8/c1-4-12-41-23-11-10-20(16-24(23)39-2)34-29(37)21(28(36)33-30(34)38)13-18-14-22(31)27(25(15-18)40-3)42-17-26(35)32-19-8-6-5-7-9-19/h5-11,13-16H,4,12,17H2,1-3H3,(H,32,35)(H,33,36,38)/b21-13-. The number of rotatable bonds is 11. The van der Waals surface area contributed by atoms with Crippen LogP contribution < -0.4 is 34.5 Å². The fourth-order valence-corrected chi connectivity index (χ4v) is 4.28. The van der Waals surface area contributed by atoms with Crippen molar-refractivity contribution in [1.82, 2.24) is 5.32 Å². The first-order valence-electron chi connectivity index (χ1n) is 12.8. The molecule has 218 valence electrons. The van der Waals surface area contributed by atoms with E-state index in [-0.39, 0.29) is 34.4 Å². The molecule has 42 heavy (non-hydrogen) atoms. The summed E-state index contributed by atoms with van der Waals surface area (Å²) < 4.78 is 22.0. The lowest BCUT2D eigenvalue weighted by Crippen LogP contribution is -2.54. The molecule has 0 bridgehead atoms. The number of carbonyl (C=O) groups excluding carboxylic acids is 4. The molecule has 0 radical (unpaired) electrons. The molecule has 1 aliphatic heterocycles. The first kappa shape index (κ1) is 29.9. The van der Waals surface area contributed by atoms with E-state index in [0.29, 0.717) is 29.4 Å². The molecule has 1 saturated heterocycles. The third-order valence-corrected chi connectivity index (χ3v) is 6.22. The van der Waals surface area contributed by atoms with Gasteiger partial charge in [-0.25, -0.2) is 9.69 Å². The number of para-hydroxylation sites is 1. The van der Waals surface area contributed by atoms with Crippen molar-refractivity contribution in [1.29, 1.82) is 0 Å². The Hall–Kier alpha value is -5.03. The first-order valence-corrected chi connectivity index (χ1v) is 13.2. The van der Waals surface area contributed by atoms with E-state index in [1.54, 1.807) is 30.3 Å². The van der Waals surface area contributed by atoms with Gasteiger partial charge in [-0.3, -0.25) is 19.7 Å². The molecule has 0 saturated carbocycles. The lowest BCUT2D eigenvalue weighted by Gasteiger charge is -2.27. The molecule has 3 aromatic rings. The van der Waals surface area contributed by atoms with E-state index < -0.39 is 23.8 Å². The minimum absolute atomic E-state index is 0.0673. The summed E-state index contributed by atoms with van der Waals surface area (Å²) in [5, 5.41) is 4.94. The summed E-state index contributed by atoms with van der Waals surface area (Å²) in [5.74, 6) is -1.15. The van der Waals surface area contributed by atoms with Gasteiger partial charge >= 0.3 is 6.03 Å².